The maximum atomic E-state index is 7.53. The first-order chi connectivity index (χ1) is 29.6. The molecule has 0 unspecified atom stereocenters. The van der Waals surface area contributed by atoms with Crippen LogP contribution in [-0.4, -0.2) is 4.57 Å². The molecule has 0 fully saturated rings. The van der Waals surface area contributed by atoms with Gasteiger partial charge in [0.2, 0.25) is 0 Å². The fourth-order valence-corrected chi connectivity index (χ4v) is 9.03. The Morgan fingerprint density at radius 3 is 1.73 bits per heavy atom. The molecule has 0 atom stereocenters. The monoisotopic (exact) mass is 834 g/mol. The number of benzene rings is 7. The number of hydrogen-bond donors (Lipinski definition) is 0. The van der Waals surface area contributed by atoms with Gasteiger partial charge in [0.15, 0.2) is 5.58 Å². The van der Waals surface area contributed by atoms with Crippen molar-refractivity contribution in [1.82, 2.24) is 4.57 Å². The Morgan fingerprint density at radius 1 is 0.516 bits per heavy atom. The lowest BCUT2D eigenvalue weighted by molar-refractivity contribution is 0.488. The van der Waals surface area contributed by atoms with Crippen LogP contribution in [0.2, 0.25) is 5.02 Å². The summed E-state index contributed by atoms with van der Waals surface area (Å²) in [6, 6.07) is 48.8. The summed E-state index contributed by atoms with van der Waals surface area (Å²) in [4.78, 5) is 2.15. The van der Waals surface area contributed by atoms with Crippen LogP contribution in [0.15, 0.2) is 155 Å². The van der Waals surface area contributed by atoms with Gasteiger partial charge in [0, 0.05) is 27.2 Å². The maximum absolute atomic E-state index is 7.53. The minimum atomic E-state index is -0.00591. The predicted molar refractivity (Wildman–Crippen MR) is 260 cm³/mol. The Hall–Kier alpha value is -6.43. The second-order valence-electron chi connectivity index (χ2n) is 19.6. The molecule has 3 heterocycles. The number of para-hydroxylation sites is 2. The van der Waals surface area contributed by atoms with E-state index < -0.39 is 0 Å². The summed E-state index contributed by atoms with van der Waals surface area (Å²) in [5, 5.41) is 5.72. The highest BCUT2D eigenvalue weighted by molar-refractivity contribution is 6.35. The molecule has 0 amide bonds. The second-order valence-corrected chi connectivity index (χ2v) is 20.0. The van der Waals surface area contributed by atoms with Gasteiger partial charge in [-0.2, -0.15) is 0 Å². The zero-order valence-corrected chi connectivity index (χ0v) is 37.6. The molecule has 0 aliphatic rings. The van der Waals surface area contributed by atoms with E-state index in [1.54, 1.807) is 6.26 Å². The van der Waals surface area contributed by atoms with Gasteiger partial charge in [-0.15, -0.1) is 0 Å². The van der Waals surface area contributed by atoms with Gasteiger partial charge in [-0.3, -0.25) is 0 Å². The first kappa shape index (κ1) is 39.7. The predicted octanol–water partition coefficient (Wildman–Crippen LogP) is 17.2. The van der Waals surface area contributed by atoms with Gasteiger partial charge < -0.3 is 23.0 Å². The molecule has 0 bridgehead atoms. The zero-order chi connectivity index (χ0) is 43.3. The lowest BCUT2D eigenvalue weighted by Crippen LogP contribution is -2.13. The first-order valence-electron chi connectivity index (χ1n) is 21.4. The van der Waals surface area contributed by atoms with Crippen LogP contribution in [0, 0.1) is 0 Å². The average molecular weight is 835 g/mol. The topological polar surface area (TPSA) is 43.7 Å². The van der Waals surface area contributed by atoms with E-state index in [1.165, 1.54) is 27.5 Å². The van der Waals surface area contributed by atoms with Crippen LogP contribution in [0.5, 0.6) is 11.5 Å². The van der Waals surface area contributed by atoms with Gasteiger partial charge >= 0.3 is 0 Å². The van der Waals surface area contributed by atoms with Crippen LogP contribution in [0.4, 0.5) is 17.1 Å². The fraction of sp³-hybridized carbons (Fsp3) is 0.214. The molecule has 10 aromatic rings. The Kier molecular flexibility index (Phi) is 9.17. The number of aromatic nitrogens is 1. The SMILES string of the molecule is CC(C)(C)c1ccc(N(c2cccc(Oc3ccc(-n4c5ccc(C(C)(C)C)cc5c5cc(C(C)(C)C)ccc54)c4oc5ccccc5c34)c2Cl)c2coc3ccccc23)cc1. The minimum Gasteiger partial charge on any atom is -0.462 e. The number of halogens is 1. The van der Waals surface area contributed by atoms with Crippen LogP contribution >= 0.6 is 11.6 Å². The Bertz CT molecular complexity index is 3270. The highest BCUT2D eigenvalue weighted by atomic mass is 35.5. The lowest BCUT2D eigenvalue weighted by Gasteiger charge is -2.27. The van der Waals surface area contributed by atoms with Gasteiger partial charge in [0.25, 0.3) is 0 Å². The minimum absolute atomic E-state index is 0.00234. The van der Waals surface area contributed by atoms with Crippen LogP contribution in [0.3, 0.4) is 0 Å². The highest BCUT2D eigenvalue weighted by Gasteiger charge is 2.27. The molecule has 0 radical (unpaired) electrons. The van der Waals surface area contributed by atoms with Crippen molar-refractivity contribution in [3.05, 3.63) is 168 Å². The first-order valence-corrected chi connectivity index (χ1v) is 21.8. The molecule has 0 saturated heterocycles. The summed E-state index contributed by atoms with van der Waals surface area (Å²) in [6.07, 6.45) is 1.80. The lowest BCUT2D eigenvalue weighted by atomic mass is 9.85. The summed E-state index contributed by atoms with van der Waals surface area (Å²) in [6.45, 7) is 20.3. The molecule has 3 aromatic heterocycles. The quantitative estimate of drug-likeness (QED) is 0.167. The molecule has 5 nitrogen and oxygen atoms in total. The van der Waals surface area contributed by atoms with Gasteiger partial charge in [-0.25, -0.2) is 0 Å². The average Bonchev–Trinajstić information content (AvgIpc) is 3.94. The van der Waals surface area contributed by atoms with E-state index in [9.17, 15) is 0 Å². The molecule has 0 aliphatic heterocycles. The zero-order valence-electron chi connectivity index (χ0n) is 36.9. The Balaban J connectivity index is 1.15. The van der Waals surface area contributed by atoms with Crippen molar-refractivity contribution in [2.75, 3.05) is 4.90 Å². The van der Waals surface area contributed by atoms with Gasteiger partial charge in [-0.05, 0) is 112 Å². The van der Waals surface area contributed by atoms with Gasteiger partial charge in [-0.1, -0.05) is 135 Å². The molecule has 310 valence electrons. The molecule has 0 saturated carbocycles. The molecule has 62 heavy (non-hydrogen) atoms. The van der Waals surface area contributed by atoms with Crippen molar-refractivity contribution in [2.45, 2.75) is 78.6 Å². The van der Waals surface area contributed by atoms with E-state index in [2.05, 4.69) is 157 Å². The van der Waals surface area contributed by atoms with E-state index in [0.717, 1.165) is 66.7 Å². The number of fused-ring (bicyclic) bond motifs is 7. The molecule has 0 aliphatic carbocycles. The van der Waals surface area contributed by atoms with Crippen LogP contribution in [-0.2, 0) is 16.2 Å². The van der Waals surface area contributed by atoms with Crippen LogP contribution < -0.4 is 9.64 Å². The number of rotatable bonds is 6. The van der Waals surface area contributed by atoms with Crippen molar-refractivity contribution in [1.29, 1.82) is 0 Å². The van der Waals surface area contributed by atoms with Gasteiger partial charge in [0.05, 0.1) is 33.5 Å². The highest BCUT2D eigenvalue weighted by Crippen LogP contribution is 2.49. The maximum Gasteiger partial charge on any atom is 0.163 e. The Morgan fingerprint density at radius 2 is 1.10 bits per heavy atom. The third kappa shape index (κ3) is 6.62. The van der Waals surface area contributed by atoms with Crippen molar-refractivity contribution in [3.63, 3.8) is 0 Å². The van der Waals surface area contributed by atoms with Crippen molar-refractivity contribution < 1.29 is 13.6 Å². The molecule has 7 aromatic carbocycles. The summed E-state index contributed by atoms with van der Waals surface area (Å²) in [5.74, 6) is 1.17. The second kappa shape index (κ2) is 14.3. The number of anilines is 3. The van der Waals surface area contributed by atoms with Crippen molar-refractivity contribution in [2.24, 2.45) is 0 Å². The third-order valence-corrected chi connectivity index (χ3v) is 12.7. The van der Waals surface area contributed by atoms with Crippen molar-refractivity contribution in [3.8, 4) is 17.2 Å². The van der Waals surface area contributed by atoms with Crippen molar-refractivity contribution >= 4 is 83.4 Å². The molecular formula is C56H51ClN2O3. The molecular weight excluding hydrogens is 784 g/mol. The van der Waals surface area contributed by atoms with E-state index in [4.69, 9.17) is 25.2 Å². The van der Waals surface area contributed by atoms with Crippen LogP contribution in [0.25, 0.3) is 60.4 Å². The summed E-state index contributed by atoms with van der Waals surface area (Å²) in [7, 11) is 0. The largest absolute Gasteiger partial charge is 0.462 e. The molecule has 0 spiro atoms. The summed E-state index contributed by atoms with van der Waals surface area (Å²) < 4.78 is 22.3. The summed E-state index contributed by atoms with van der Waals surface area (Å²) >= 11 is 7.53. The van der Waals surface area contributed by atoms with E-state index in [1.807, 2.05) is 54.6 Å². The molecule has 10 rings (SSSR count). The Labute approximate surface area is 368 Å². The number of hydrogen-bond acceptors (Lipinski definition) is 4. The standard InChI is InChI=1S/C56H51ClN2O3/c1-54(2,3)34-21-25-37(26-22-34)58(46-33-60-47-18-12-10-15-38(46)47)44-17-14-20-50(52(44)57)61-49-30-29-45(53-51(49)39-16-11-13-19-48(39)62-53)59-42-27-23-35(55(4,5)6)31-40(42)41-32-36(56(7,8)9)24-28-43(41)59/h10-33H,1-9H3. The van der Waals surface area contributed by atoms with E-state index >= 15 is 0 Å². The number of furan rings is 2. The van der Waals surface area contributed by atoms with Crippen LogP contribution in [0.1, 0.15) is 79.0 Å². The fourth-order valence-electron chi connectivity index (χ4n) is 8.79. The molecule has 0 N–H and O–H groups in total. The normalized spacial score (nSPS) is 12.7. The smallest absolute Gasteiger partial charge is 0.163 e. The van der Waals surface area contributed by atoms with E-state index in [-0.39, 0.29) is 16.2 Å². The summed E-state index contributed by atoms with van der Waals surface area (Å²) in [5.41, 5.74) is 11.9. The third-order valence-electron chi connectivity index (χ3n) is 12.3. The van der Waals surface area contributed by atoms with E-state index in [0.29, 0.717) is 16.5 Å². The number of nitrogens with zero attached hydrogens (tertiary/aromatic N) is 2. The number of ether oxygens (including phenoxy) is 1. The van der Waals surface area contributed by atoms with Gasteiger partial charge in [0.1, 0.15) is 34.0 Å². The molecule has 6 heteroatoms.